The van der Waals surface area contributed by atoms with E-state index in [1.165, 1.54) is 0 Å². The number of hydrogen-bond donors (Lipinski definition) is 1. The standard InChI is InChI=1S/C15H18O3/c1-11-5-3-4-6-14(11)17-10-13(9-16)15-8-7-12(2)18-15/h3-8,13,16H,9-10H2,1-2H3. The zero-order valence-electron chi connectivity index (χ0n) is 10.7. The molecule has 0 radical (unpaired) electrons. The van der Waals surface area contributed by atoms with Crippen molar-refractivity contribution in [2.75, 3.05) is 13.2 Å². The molecule has 0 fully saturated rings. The third-order valence-electron chi connectivity index (χ3n) is 2.92. The van der Waals surface area contributed by atoms with Crippen molar-refractivity contribution < 1.29 is 14.3 Å². The van der Waals surface area contributed by atoms with Crippen LogP contribution in [0.25, 0.3) is 0 Å². The predicted octanol–water partition coefficient (Wildman–Crippen LogP) is 3.05. The quantitative estimate of drug-likeness (QED) is 0.881. The van der Waals surface area contributed by atoms with Crippen LogP contribution < -0.4 is 4.74 Å². The number of aliphatic hydroxyl groups is 1. The van der Waals surface area contributed by atoms with Gasteiger partial charge in [-0.1, -0.05) is 18.2 Å². The molecule has 0 aliphatic rings. The van der Waals surface area contributed by atoms with Gasteiger partial charge in [0.15, 0.2) is 0 Å². The Morgan fingerprint density at radius 2 is 1.94 bits per heavy atom. The molecule has 0 amide bonds. The van der Waals surface area contributed by atoms with Gasteiger partial charge in [-0.05, 0) is 37.6 Å². The van der Waals surface area contributed by atoms with E-state index in [-0.39, 0.29) is 12.5 Å². The summed E-state index contributed by atoms with van der Waals surface area (Å²) in [4.78, 5) is 0. The van der Waals surface area contributed by atoms with Crippen LogP contribution in [0.15, 0.2) is 40.8 Å². The first-order chi connectivity index (χ1) is 8.70. The average Bonchev–Trinajstić information content (AvgIpc) is 2.79. The summed E-state index contributed by atoms with van der Waals surface area (Å²) in [5.41, 5.74) is 1.09. The molecule has 0 saturated heterocycles. The summed E-state index contributed by atoms with van der Waals surface area (Å²) in [6.07, 6.45) is 0. The lowest BCUT2D eigenvalue weighted by Crippen LogP contribution is -2.14. The van der Waals surface area contributed by atoms with Crippen LogP contribution in [0.1, 0.15) is 23.0 Å². The molecule has 1 N–H and O–H groups in total. The van der Waals surface area contributed by atoms with Gasteiger partial charge in [0.1, 0.15) is 23.9 Å². The van der Waals surface area contributed by atoms with Gasteiger partial charge in [0, 0.05) is 0 Å². The maximum absolute atomic E-state index is 9.40. The number of hydrogen-bond acceptors (Lipinski definition) is 3. The Hall–Kier alpha value is -1.74. The van der Waals surface area contributed by atoms with Crippen molar-refractivity contribution >= 4 is 0 Å². The lowest BCUT2D eigenvalue weighted by Gasteiger charge is -2.14. The molecule has 1 unspecified atom stereocenters. The Morgan fingerprint density at radius 3 is 2.56 bits per heavy atom. The lowest BCUT2D eigenvalue weighted by molar-refractivity contribution is 0.189. The molecular weight excluding hydrogens is 228 g/mol. The Kier molecular flexibility index (Phi) is 4.05. The smallest absolute Gasteiger partial charge is 0.122 e. The first-order valence-corrected chi connectivity index (χ1v) is 6.06. The van der Waals surface area contributed by atoms with Crippen molar-refractivity contribution in [1.82, 2.24) is 0 Å². The van der Waals surface area contributed by atoms with Crippen LogP contribution >= 0.6 is 0 Å². The summed E-state index contributed by atoms with van der Waals surface area (Å²) in [5.74, 6) is 2.33. The number of aryl methyl sites for hydroxylation is 2. The van der Waals surface area contributed by atoms with Gasteiger partial charge in [0.05, 0.1) is 12.5 Å². The molecule has 0 bridgehead atoms. The number of aliphatic hydroxyl groups excluding tert-OH is 1. The normalized spacial score (nSPS) is 12.4. The van der Waals surface area contributed by atoms with Gasteiger partial charge in [-0.2, -0.15) is 0 Å². The van der Waals surface area contributed by atoms with Gasteiger partial charge in [0.25, 0.3) is 0 Å². The Balaban J connectivity index is 2.02. The van der Waals surface area contributed by atoms with E-state index in [9.17, 15) is 5.11 Å². The van der Waals surface area contributed by atoms with Crippen molar-refractivity contribution in [3.63, 3.8) is 0 Å². The van der Waals surface area contributed by atoms with Crippen LogP contribution in [-0.4, -0.2) is 18.3 Å². The van der Waals surface area contributed by atoms with Crippen molar-refractivity contribution in [2.45, 2.75) is 19.8 Å². The van der Waals surface area contributed by atoms with Crippen LogP contribution in [0.4, 0.5) is 0 Å². The van der Waals surface area contributed by atoms with Crippen LogP contribution in [0.5, 0.6) is 5.75 Å². The molecule has 3 nitrogen and oxygen atoms in total. The second-order valence-corrected chi connectivity index (χ2v) is 4.40. The SMILES string of the molecule is Cc1ccc(C(CO)COc2ccccc2C)o1. The molecule has 1 aromatic carbocycles. The topological polar surface area (TPSA) is 42.6 Å². The maximum Gasteiger partial charge on any atom is 0.122 e. The van der Waals surface area contributed by atoms with E-state index in [0.29, 0.717) is 6.61 Å². The Bertz CT molecular complexity index is 502. The van der Waals surface area contributed by atoms with Crippen molar-refractivity contribution in [3.8, 4) is 5.75 Å². The molecule has 18 heavy (non-hydrogen) atoms. The largest absolute Gasteiger partial charge is 0.492 e. The fourth-order valence-corrected chi connectivity index (χ4v) is 1.81. The first kappa shape index (κ1) is 12.7. The monoisotopic (exact) mass is 246 g/mol. The van der Waals surface area contributed by atoms with E-state index in [1.54, 1.807) is 0 Å². The zero-order valence-corrected chi connectivity index (χ0v) is 10.7. The summed E-state index contributed by atoms with van der Waals surface area (Å²) in [6.45, 7) is 4.31. The highest BCUT2D eigenvalue weighted by atomic mass is 16.5. The minimum absolute atomic E-state index is 0.0127. The minimum Gasteiger partial charge on any atom is -0.492 e. The molecule has 1 aromatic heterocycles. The average molecular weight is 246 g/mol. The summed E-state index contributed by atoms with van der Waals surface area (Å²) < 4.78 is 11.2. The van der Waals surface area contributed by atoms with E-state index in [0.717, 1.165) is 22.8 Å². The highest BCUT2D eigenvalue weighted by Gasteiger charge is 2.15. The van der Waals surface area contributed by atoms with Gasteiger partial charge in [-0.15, -0.1) is 0 Å². The molecule has 3 heteroatoms. The van der Waals surface area contributed by atoms with E-state index < -0.39 is 0 Å². The van der Waals surface area contributed by atoms with Crippen molar-refractivity contribution in [2.24, 2.45) is 0 Å². The lowest BCUT2D eigenvalue weighted by atomic mass is 10.1. The molecule has 0 aliphatic carbocycles. The van der Waals surface area contributed by atoms with Crippen LogP contribution in [0.3, 0.4) is 0 Å². The first-order valence-electron chi connectivity index (χ1n) is 6.06. The molecule has 0 spiro atoms. The number of para-hydroxylation sites is 1. The van der Waals surface area contributed by atoms with E-state index in [1.807, 2.05) is 50.2 Å². The third-order valence-corrected chi connectivity index (χ3v) is 2.92. The van der Waals surface area contributed by atoms with Gasteiger partial charge < -0.3 is 14.3 Å². The van der Waals surface area contributed by atoms with Gasteiger partial charge in [-0.3, -0.25) is 0 Å². The van der Waals surface area contributed by atoms with Crippen molar-refractivity contribution in [1.29, 1.82) is 0 Å². The van der Waals surface area contributed by atoms with Crippen LogP contribution in [0, 0.1) is 13.8 Å². The number of furan rings is 1. The summed E-state index contributed by atoms with van der Waals surface area (Å²) in [7, 11) is 0. The van der Waals surface area contributed by atoms with Crippen LogP contribution in [0.2, 0.25) is 0 Å². The molecule has 2 rings (SSSR count). The van der Waals surface area contributed by atoms with E-state index in [4.69, 9.17) is 9.15 Å². The highest BCUT2D eigenvalue weighted by molar-refractivity contribution is 5.31. The van der Waals surface area contributed by atoms with Crippen LogP contribution in [-0.2, 0) is 0 Å². The van der Waals surface area contributed by atoms with E-state index >= 15 is 0 Å². The third kappa shape index (κ3) is 2.93. The molecule has 96 valence electrons. The highest BCUT2D eigenvalue weighted by Crippen LogP contribution is 2.22. The molecule has 1 heterocycles. The molecular formula is C15H18O3. The molecule has 0 saturated carbocycles. The molecule has 1 atom stereocenters. The van der Waals surface area contributed by atoms with Crippen molar-refractivity contribution in [3.05, 3.63) is 53.5 Å². The van der Waals surface area contributed by atoms with E-state index in [2.05, 4.69) is 0 Å². The summed E-state index contributed by atoms with van der Waals surface area (Å²) >= 11 is 0. The van der Waals surface area contributed by atoms with Gasteiger partial charge in [0.2, 0.25) is 0 Å². The molecule has 0 aliphatic heterocycles. The summed E-state index contributed by atoms with van der Waals surface area (Å²) in [5, 5.41) is 9.40. The predicted molar refractivity (Wildman–Crippen MR) is 69.9 cm³/mol. The summed E-state index contributed by atoms with van der Waals surface area (Å²) in [6, 6.07) is 11.6. The zero-order chi connectivity index (χ0) is 13.0. The Morgan fingerprint density at radius 1 is 1.17 bits per heavy atom. The fraction of sp³-hybridized carbons (Fsp3) is 0.333. The number of rotatable bonds is 5. The number of benzene rings is 1. The fourth-order valence-electron chi connectivity index (χ4n) is 1.81. The Labute approximate surface area is 107 Å². The van der Waals surface area contributed by atoms with Gasteiger partial charge >= 0.3 is 0 Å². The molecule has 2 aromatic rings. The second-order valence-electron chi connectivity index (χ2n) is 4.40. The second kappa shape index (κ2) is 5.74. The maximum atomic E-state index is 9.40. The number of ether oxygens (including phenoxy) is 1. The van der Waals surface area contributed by atoms with Gasteiger partial charge in [-0.25, -0.2) is 0 Å². The minimum atomic E-state index is -0.127.